The normalized spacial score (nSPS) is 22.8. The zero-order valence-corrected chi connectivity index (χ0v) is 19.2. The summed E-state index contributed by atoms with van der Waals surface area (Å²) in [5.41, 5.74) is 0.914. The number of nitrogens with zero attached hydrogens (tertiary/aromatic N) is 4. The largest absolute Gasteiger partial charge is 0.431 e. The highest BCUT2D eigenvalue weighted by atomic mass is 16.6. The van der Waals surface area contributed by atoms with Crippen molar-refractivity contribution in [2.45, 2.75) is 25.0 Å². The summed E-state index contributed by atoms with van der Waals surface area (Å²) in [6.07, 6.45) is 0.820. The molecule has 0 radical (unpaired) electrons. The van der Waals surface area contributed by atoms with E-state index in [1.807, 2.05) is 75.4 Å². The first-order chi connectivity index (χ1) is 16.1. The summed E-state index contributed by atoms with van der Waals surface area (Å²) >= 11 is 0. The molecule has 7 nitrogen and oxygen atoms in total. The number of hydrogen-bond donors (Lipinski definition) is 0. The summed E-state index contributed by atoms with van der Waals surface area (Å²) < 4.78 is 6.21. The maximum absolute atomic E-state index is 13.5. The van der Waals surface area contributed by atoms with E-state index in [1.54, 1.807) is 0 Å². The lowest BCUT2D eigenvalue weighted by Crippen LogP contribution is -2.61. The molecular weight excluding hydrogens is 416 g/mol. The highest BCUT2D eigenvalue weighted by molar-refractivity contribution is 5.77. The number of rotatable bonds is 4. The molecule has 0 bridgehead atoms. The van der Waals surface area contributed by atoms with Crippen molar-refractivity contribution in [3.05, 3.63) is 71.8 Å². The summed E-state index contributed by atoms with van der Waals surface area (Å²) in [7, 11) is 0. The van der Waals surface area contributed by atoms with Crippen LogP contribution < -0.4 is 0 Å². The molecule has 3 amide bonds. The highest BCUT2D eigenvalue weighted by Gasteiger charge is 2.58. The average Bonchev–Trinajstić information content (AvgIpc) is 3.18. The second kappa shape index (κ2) is 9.06. The Labute approximate surface area is 195 Å². The van der Waals surface area contributed by atoms with Crippen molar-refractivity contribution in [1.82, 2.24) is 19.6 Å². The lowest BCUT2D eigenvalue weighted by molar-refractivity contribution is 0.0431. The highest BCUT2D eigenvalue weighted by Crippen LogP contribution is 2.45. The van der Waals surface area contributed by atoms with E-state index in [9.17, 15) is 9.59 Å². The number of carbonyl (C=O) groups is 2. The van der Waals surface area contributed by atoms with Crippen LogP contribution in [0.3, 0.4) is 0 Å². The third-order valence-corrected chi connectivity index (χ3v) is 7.19. The number of fused-ring (bicyclic) bond motifs is 1. The minimum atomic E-state index is -0.946. The van der Waals surface area contributed by atoms with E-state index < -0.39 is 5.60 Å². The van der Waals surface area contributed by atoms with Gasteiger partial charge in [-0.3, -0.25) is 9.80 Å². The number of ether oxygens (including phenoxy) is 1. The fourth-order valence-electron chi connectivity index (χ4n) is 5.51. The molecule has 1 atom stereocenters. The van der Waals surface area contributed by atoms with Gasteiger partial charge in [-0.05, 0) is 13.0 Å². The van der Waals surface area contributed by atoms with Crippen LogP contribution in [0.15, 0.2) is 60.7 Å². The van der Waals surface area contributed by atoms with Gasteiger partial charge in [0.15, 0.2) is 5.60 Å². The molecule has 0 N–H and O–H groups in total. The van der Waals surface area contributed by atoms with Crippen LogP contribution in [0.2, 0.25) is 0 Å². The van der Waals surface area contributed by atoms with Gasteiger partial charge >= 0.3 is 12.1 Å². The number of piperazine rings is 2. The first kappa shape index (κ1) is 21.8. The Kier molecular flexibility index (Phi) is 5.98. The third-order valence-electron chi connectivity index (χ3n) is 7.19. The standard InChI is InChI=1S/C26H32N4O3/c1-2-13-27-14-16-28(17-15-27)24(31)29-18-19-30-23(20-29)26(33-25(30)32,21-9-5-3-6-10-21)22-11-7-4-8-12-22/h3-12,23H,2,13-20H2,1H3. The maximum atomic E-state index is 13.5. The molecule has 0 saturated carbocycles. The van der Waals surface area contributed by atoms with Crippen molar-refractivity contribution in [1.29, 1.82) is 0 Å². The topological polar surface area (TPSA) is 56.3 Å². The summed E-state index contributed by atoms with van der Waals surface area (Å²) in [6, 6.07) is 19.6. The van der Waals surface area contributed by atoms with E-state index in [4.69, 9.17) is 4.74 Å². The molecule has 3 fully saturated rings. The smallest absolute Gasteiger partial charge is 0.411 e. The molecular formula is C26H32N4O3. The van der Waals surface area contributed by atoms with Gasteiger partial charge in [-0.1, -0.05) is 67.6 Å². The zero-order chi connectivity index (χ0) is 22.8. The second-order valence-electron chi connectivity index (χ2n) is 9.10. The predicted octanol–water partition coefficient (Wildman–Crippen LogP) is 3.21. The van der Waals surface area contributed by atoms with Gasteiger partial charge in [-0.15, -0.1) is 0 Å². The molecule has 1 unspecified atom stereocenters. The van der Waals surface area contributed by atoms with Crippen LogP contribution in [0, 0.1) is 0 Å². The molecule has 2 aromatic carbocycles. The minimum absolute atomic E-state index is 0.0696. The van der Waals surface area contributed by atoms with Gasteiger partial charge < -0.3 is 14.5 Å². The van der Waals surface area contributed by atoms with Gasteiger partial charge in [-0.2, -0.15) is 0 Å². The number of amides is 3. The van der Waals surface area contributed by atoms with E-state index in [-0.39, 0.29) is 18.2 Å². The number of cyclic esters (lactones) is 1. The Hall–Kier alpha value is -3.06. The lowest BCUT2D eigenvalue weighted by atomic mass is 9.79. The van der Waals surface area contributed by atoms with E-state index >= 15 is 0 Å². The van der Waals surface area contributed by atoms with Crippen LogP contribution in [0.4, 0.5) is 9.59 Å². The first-order valence-electron chi connectivity index (χ1n) is 12.0. The Morgan fingerprint density at radius 2 is 1.45 bits per heavy atom. The quantitative estimate of drug-likeness (QED) is 0.721. The van der Waals surface area contributed by atoms with Crippen molar-refractivity contribution in [2.75, 3.05) is 52.4 Å². The first-order valence-corrected chi connectivity index (χ1v) is 12.0. The molecule has 7 heteroatoms. The summed E-state index contributed by atoms with van der Waals surface area (Å²) in [5, 5.41) is 0. The van der Waals surface area contributed by atoms with Crippen LogP contribution in [0.5, 0.6) is 0 Å². The van der Waals surface area contributed by atoms with E-state index in [2.05, 4.69) is 11.8 Å². The number of benzene rings is 2. The molecule has 5 rings (SSSR count). The number of urea groups is 1. The zero-order valence-electron chi connectivity index (χ0n) is 19.2. The van der Waals surface area contributed by atoms with Crippen molar-refractivity contribution in [2.24, 2.45) is 0 Å². The Morgan fingerprint density at radius 1 is 0.879 bits per heavy atom. The Bertz CT molecular complexity index is 936. The molecule has 174 valence electrons. The summed E-state index contributed by atoms with van der Waals surface area (Å²) in [4.78, 5) is 34.6. The van der Waals surface area contributed by atoms with Gasteiger partial charge in [0.05, 0.1) is 0 Å². The Morgan fingerprint density at radius 3 is 2.03 bits per heavy atom. The van der Waals surface area contributed by atoms with Crippen LogP contribution in [-0.2, 0) is 10.3 Å². The van der Waals surface area contributed by atoms with Crippen LogP contribution in [0.25, 0.3) is 0 Å². The van der Waals surface area contributed by atoms with E-state index in [1.165, 1.54) is 0 Å². The van der Waals surface area contributed by atoms with Crippen molar-refractivity contribution >= 4 is 12.1 Å². The van der Waals surface area contributed by atoms with Crippen molar-refractivity contribution < 1.29 is 14.3 Å². The molecule has 0 aliphatic carbocycles. The van der Waals surface area contributed by atoms with Gasteiger partial charge in [0.1, 0.15) is 6.04 Å². The molecule has 3 aliphatic heterocycles. The van der Waals surface area contributed by atoms with Gasteiger partial charge in [0.25, 0.3) is 0 Å². The molecule has 3 heterocycles. The monoisotopic (exact) mass is 448 g/mol. The SMILES string of the molecule is CCCN1CCN(C(=O)N2CCN3C(=O)OC(c4ccccc4)(c4ccccc4)C3C2)CC1. The number of carbonyl (C=O) groups excluding carboxylic acids is 2. The lowest BCUT2D eigenvalue weighted by Gasteiger charge is -2.44. The van der Waals surface area contributed by atoms with Crippen molar-refractivity contribution in [3.63, 3.8) is 0 Å². The molecule has 33 heavy (non-hydrogen) atoms. The molecule has 0 aromatic heterocycles. The summed E-state index contributed by atoms with van der Waals surface area (Å²) in [5.74, 6) is 0. The van der Waals surface area contributed by atoms with Gasteiger partial charge in [0.2, 0.25) is 0 Å². The fraction of sp³-hybridized carbons (Fsp3) is 0.462. The van der Waals surface area contributed by atoms with Crippen LogP contribution in [0.1, 0.15) is 24.5 Å². The third kappa shape index (κ3) is 3.84. The molecule has 0 spiro atoms. The average molecular weight is 449 g/mol. The fourth-order valence-corrected chi connectivity index (χ4v) is 5.51. The van der Waals surface area contributed by atoms with Gasteiger partial charge in [-0.25, -0.2) is 9.59 Å². The van der Waals surface area contributed by atoms with Crippen molar-refractivity contribution in [3.8, 4) is 0 Å². The molecule has 3 aliphatic rings. The molecule has 3 saturated heterocycles. The van der Waals surface area contributed by atoms with Crippen LogP contribution in [-0.4, -0.2) is 90.1 Å². The Balaban J connectivity index is 1.43. The van der Waals surface area contributed by atoms with E-state index in [0.717, 1.165) is 50.3 Å². The maximum Gasteiger partial charge on any atom is 0.411 e. The number of hydrogen-bond acceptors (Lipinski definition) is 4. The molecule has 2 aromatic rings. The van der Waals surface area contributed by atoms with Crippen LogP contribution >= 0.6 is 0 Å². The van der Waals surface area contributed by atoms with E-state index in [0.29, 0.717) is 19.6 Å². The second-order valence-corrected chi connectivity index (χ2v) is 9.10. The van der Waals surface area contributed by atoms with Gasteiger partial charge in [0, 0.05) is 56.9 Å². The predicted molar refractivity (Wildman–Crippen MR) is 126 cm³/mol. The minimum Gasteiger partial charge on any atom is -0.431 e. The summed E-state index contributed by atoms with van der Waals surface area (Å²) in [6.45, 7) is 8.07.